The van der Waals surface area contributed by atoms with Crippen molar-refractivity contribution in [3.05, 3.63) is 35.5 Å². The van der Waals surface area contributed by atoms with Crippen molar-refractivity contribution >= 4 is 18.2 Å². The number of esters is 2. The Labute approximate surface area is 153 Å². The van der Waals surface area contributed by atoms with Gasteiger partial charge < -0.3 is 14.6 Å². The first-order chi connectivity index (χ1) is 12.3. The number of aldehydes is 1. The normalized spacial score (nSPS) is 34.5. The van der Waals surface area contributed by atoms with E-state index in [9.17, 15) is 19.5 Å². The van der Waals surface area contributed by atoms with Gasteiger partial charge in [-0.1, -0.05) is 32.1 Å². The van der Waals surface area contributed by atoms with Gasteiger partial charge in [0.25, 0.3) is 0 Å². The Bertz CT molecular complexity index is 659. The van der Waals surface area contributed by atoms with Crippen LogP contribution in [0, 0.1) is 11.8 Å². The highest BCUT2D eigenvalue weighted by atomic mass is 16.6. The van der Waals surface area contributed by atoms with Crippen LogP contribution in [-0.4, -0.2) is 41.6 Å². The van der Waals surface area contributed by atoms with Gasteiger partial charge in [-0.15, -0.1) is 0 Å². The molecule has 2 aliphatic rings. The van der Waals surface area contributed by atoms with Gasteiger partial charge >= 0.3 is 11.9 Å². The van der Waals surface area contributed by atoms with Gasteiger partial charge in [-0.05, 0) is 32.3 Å². The summed E-state index contributed by atoms with van der Waals surface area (Å²) in [6.07, 6.45) is 2.61. The minimum atomic E-state index is -1.36. The quantitative estimate of drug-likeness (QED) is 0.357. The molecular formula is C20H26O6. The van der Waals surface area contributed by atoms with Crippen molar-refractivity contribution in [3.8, 4) is 0 Å². The molecule has 6 nitrogen and oxygen atoms in total. The van der Waals surface area contributed by atoms with Crippen molar-refractivity contribution in [1.29, 1.82) is 0 Å². The van der Waals surface area contributed by atoms with Crippen molar-refractivity contribution < 1.29 is 29.0 Å². The molecule has 1 N–H and O–H groups in total. The van der Waals surface area contributed by atoms with Gasteiger partial charge in [-0.3, -0.25) is 9.59 Å². The summed E-state index contributed by atoms with van der Waals surface area (Å²) in [6.45, 7) is 9.24. The molecule has 26 heavy (non-hydrogen) atoms. The Morgan fingerprint density at radius 2 is 2.23 bits per heavy atom. The number of rotatable bonds is 4. The van der Waals surface area contributed by atoms with Crippen molar-refractivity contribution in [2.24, 2.45) is 11.8 Å². The Kier molecular flexibility index (Phi) is 6.53. The summed E-state index contributed by atoms with van der Waals surface area (Å²) in [5, 5.41) is 10.8. The average molecular weight is 362 g/mol. The molecular weight excluding hydrogens is 336 g/mol. The molecule has 142 valence electrons. The van der Waals surface area contributed by atoms with E-state index >= 15 is 0 Å². The minimum absolute atomic E-state index is 0.130. The van der Waals surface area contributed by atoms with Gasteiger partial charge in [-0.25, -0.2) is 4.79 Å². The fraction of sp³-hybridized carbons (Fsp3) is 0.550. The van der Waals surface area contributed by atoms with E-state index in [1.54, 1.807) is 19.1 Å². The van der Waals surface area contributed by atoms with Crippen molar-refractivity contribution in [1.82, 2.24) is 0 Å². The van der Waals surface area contributed by atoms with Crippen LogP contribution < -0.4 is 0 Å². The number of hydrogen-bond acceptors (Lipinski definition) is 6. The highest BCUT2D eigenvalue weighted by molar-refractivity contribution is 5.91. The van der Waals surface area contributed by atoms with E-state index < -0.39 is 36.2 Å². The van der Waals surface area contributed by atoms with Crippen LogP contribution in [0.1, 0.15) is 40.0 Å². The zero-order chi connectivity index (χ0) is 19.4. The maximum Gasteiger partial charge on any atom is 0.334 e. The number of aliphatic hydroxyl groups is 1. The Balaban J connectivity index is 2.48. The lowest BCUT2D eigenvalue weighted by atomic mass is 9.83. The SMILES string of the molecule is C=C1C(=O)O[C@@H]2/C=C(/C)CC/C=C(/C=O)[C@@H](O)[C@@H](OC(=O)[C@@H](C)CC)[C@@H]12. The number of carbonyl (C=O) groups excluding carboxylic acids is 3. The van der Waals surface area contributed by atoms with Gasteiger partial charge in [0.05, 0.1) is 11.8 Å². The number of fused-ring (bicyclic) bond motifs is 1. The molecule has 0 unspecified atom stereocenters. The first kappa shape index (κ1) is 20.1. The lowest BCUT2D eigenvalue weighted by Crippen LogP contribution is -2.43. The number of ether oxygens (including phenoxy) is 2. The third-order valence-electron chi connectivity index (χ3n) is 5.04. The van der Waals surface area contributed by atoms with Crippen LogP contribution in [0.2, 0.25) is 0 Å². The van der Waals surface area contributed by atoms with Crippen LogP contribution in [-0.2, 0) is 23.9 Å². The molecule has 0 aromatic carbocycles. The maximum absolute atomic E-state index is 12.4. The molecule has 1 aliphatic heterocycles. The molecule has 0 aromatic rings. The highest BCUT2D eigenvalue weighted by Gasteiger charge is 2.48. The van der Waals surface area contributed by atoms with Crippen molar-refractivity contribution in [2.45, 2.75) is 58.3 Å². The maximum atomic E-state index is 12.4. The molecule has 0 amide bonds. The fourth-order valence-corrected chi connectivity index (χ4v) is 3.14. The Morgan fingerprint density at radius 1 is 1.54 bits per heavy atom. The summed E-state index contributed by atoms with van der Waals surface area (Å²) in [6, 6.07) is 0. The molecule has 1 saturated heterocycles. The average Bonchev–Trinajstić information content (AvgIpc) is 2.88. The molecule has 1 heterocycles. The molecule has 2 rings (SSSR count). The molecule has 0 saturated carbocycles. The standard InChI is InChI=1S/C20H26O6/c1-5-12(3)19(23)26-18-16-13(4)20(24)25-15(16)9-11(2)7-6-8-14(10-21)17(18)22/h8-10,12,15-18,22H,4-7H2,1-3H3/b11-9-,14-8-/t12-,15+,16-,17+,18-/m0/s1. The van der Waals surface area contributed by atoms with Gasteiger partial charge in [0.15, 0.2) is 0 Å². The lowest BCUT2D eigenvalue weighted by Gasteiger charge is -2.31. The number of carbonyl (C=O) groups is 3. The van der Waals surface area contributed by atoms with E-state index in [-0.39, 0.29) is 17.1 Å². The number of allylic oxidation sites excluding steroid dienone is 2. The molecule has 5 atom stereocenters. The molecule has 1 aliphatic carbocycles. The topological polar surface area (TPSA) is 89.9 Å². The zero-order valence-electron chi connectivity index (χ0n) is 15.4. The zero-order valence-corrected chi connectivity index (χ0v) is 15.4. The second-order valence-corrected chi connectivity index (χ2v) is 6.95. The van der Waals surface area contributed by atoms with Crippen molar-refractivity contribution in [3.63, 3.8) is 0 Å². The molecule has 1 fully saturated rings. The monoisotopic (exact) mass is 362 g/mol. The van der Waals surface area contributed by atoms with Crippen LogP contribution >= 0.6 is 0 Å². The first-order valence-electron chi connectivity index (χ1n) is 8.91. The number of hydrogen-bond donors (Lipinski definition) is 1. The van der Waals surface area contributed by atoms with Crippen LogP contribution in [0.25, 0.3) is 0 Å². The lowest BCUT2D eigenvalue weighted by molar-refractivity contribution is -0.162. The number of aliphatic hydroxyl groups excluding tert-OH is 1. The van der Waals surface area contributed by atoms with Crippen LogP contribution in [0.15, 0.2) is 35.5 Å². The molecule has 0 aromatic heterocycles. The predicted octanol–water partition coefficient (Wildman–Crippen LogP) is 2.27. The molecule has 6 heteroatoms. The summed E-state index contributed by atoms with van der Waals surface area (Å²) in [7, 11) is 0. The largest absolute Gasteiger partial charge is 0.458 e. The van der Waals surface area contributed by atoms with E-state index in [2.05, 4.69) is 6.58 Å². The molecule has 0 radical (unpaired) electrons. The fourth-order valence-electron chi connectivity index (χ4n) is 3.14. The van der Waals surface area contributed by atoms with E-state index in [0.717, 1.165) is 5.57 Å². The van der Waals surface area contributed by atoms with E-state index in [4.69, 9.17) is 9.47 Å². The summed E-state index contributed by atoms with van der Waals surface area (Å²) in [5.41, 5.74) is 1.24. The predicted molar refractivity (Wildman–Crippen MR) is 95.0 cm³/mol. The van der Waals surface area contributed by atoms with Gasteiger partial charge in [0.1, 0.15) is 24.6 Å². The highest BCUT2D eigenvalue weighted by Crippen LogP contribution is 2.36. The van der Waals surface area contributed by atoms with Crippen LogP contribution in [0.3, 0.4) is 0 Å². The van der Waals surface area contributed by atoms with Crippen LogP contribution in [0.5, 0.6) is 0 Å². The van der Waals surface area contributed by atoms with E-state index in [1.165, 1.54) is 0 Å². The summed E-state index contributed by atoms with van der Waals surface area (Å²) < 4.78 is 10.9. The Hall–Kier alpha value is -2.21. The van der Waals surface area contributed by atoms with Crippen molar-refractivity contribution in [2.75, 3.05) is 0 Å². The summed E-state index contributed by atoms with van der Waals surface area (Å²) in [5.74, 6) is -2.20. The third kappa shape index (κ3) is 4.12. The van der Waals surface area contributed by atoms with Gasteiger partial charge in [0, 0.05) is 11.1 Å². The minimum Gasteiger partial charge on any atom is -0.458 e. The van der Waals surface area contributed by atoms with Gasteiger partial charge in [0.2, 0.25) is 0 Å². The molecule has 0 spiro atoms. The first-order valence-corrected chi connectivity index (χ1v) is 8.91. The smallest absolute Gasteiger partial charge is 0.334 e. The summed E-state index contributed by atoms with van der Waals surface area (Å²) in [4.78, 5) is 35.9. The van der Waals surface area contributed by atoms with Gasteiger partial charge in [-0.2, -0.15) is 0 Å². The second kappa shape index (κ2) is 8.45. The summed E-state index contributed by atoms with van der Waals surface area (Å²) >= 11 is 0. The third-order valence-corrected chi connectivity index (χ3v) is 5.04. The molecule has 0 bridgehead atoms. The Morgan fingerprint density at radius 3 is 2.85 bits per heavy atom. The second-order valence-electron chi connectivity index (χ2n) is 6.95. The van der Waals surface area contributed by atoms with Crippen LogP contribution in [0.4, 0.5) is 0 Å². The van der Waals surface area contributed by atoms with E-state index in [0.29, 0.717) is 25.5 Å². The van der Waals surface area contributed by atoms with E-state index in [1.807, 2.05) is 13.8 Å².